The minimum atomic E-state index is -0.417. The summed E-state index contributed by atoms with van der Waals surface area (Å²) in [5.74, 6) is 1.08. The second-order valence-electron chi connectivity index (χ2n) is 9.45. The number of ether oxygens (including phenoxy) is 1. The van der Waals surface area contributed by atoms with E-state index in [9.17, 15) is 4.79 Å². The van der Waals surface area contributed by atoms with E-state index in [1.54, 1.807) is 0 Å². The summed E-state index contributed by atoms with van der Waals surface area (Å²) in [7, 11) is 0. The Hall–Kier alpha value is -1.82. The van der Waals surface area contributed by atoms with E-state index >= 15 is 0 Å². The first-order valence-corrected chi connectivity index (χ1v) is 10.2. The molecule has 0 radical (unpaired) electrons. The van der Waals surface area contributed by atoms with Gasteiger partial charge in [0, 0.05) is 31.6 Å². The van der Waals surface area contributed by atoms with Crippen LogP contribution in [0.4, 0.5) is 10.6 Å². The zero-order chi connectivity index (χ0) is 19.1. The number of hydrogen-bond donors (Lipinski definition) is 1. The molecule has 1 amide bonds. The fraction of sp³-hybridized carbons (Fsp3) is 0.714. The van der Waals surface area contributed by atoms with E-state index in [1.165, 1.54) is 12.0 Å². The van der Waals surface area contributed by atoms with Gasteiger partial charge in [0.15, 0.2) is 0 Å². The van der Waals surface area contributed by atoms with Crippen LogP contribution in [0.3, 0.4) is 0 Å². The van der Waals surface area contributed by atoms with E-state index in [-0.39, 0.29) is 6.09 Å². The Balaban J connectivity index is 1.26. The van der Waals surface area contributed by atoms with Gasteiger partial charge < -0.3 is 15.0 Å². The number of fused-ring (bicyclic) bond motifs is 1. The number of hydrogen-bond acceptors (Lipinski definition) is 5. The Morgan fingerprint density at radius 3 is 2.70 bits per heavy atom. The van der Waals surface area contributed by atoms with Gasteiger partial charge in [-0.3, -0.25) is 4.90 Å². The van der Waals surface area contributed by atoms with Crippen LogP contribution in [0.2, 0.25) is 0 Å². The molecule has 2 saturated heterocycles. The molecule has 148 valence electrons. The molecular formula is C21H32N4O2. The molecule has 4 heterocycles. The van der Waals surface area contributed by atoms with Crippen LogP contribution in [-0.4, -0.2) is 59.2 Å². The molecule has 0 atom stereocenters. The Morgan fingerprint density at radius 2 is 2.00 bits per heavy atom. The van der Waals surface area contributed by atoms with E-state index in [0.29, 0.717) is 5.41 Å². The highest BCUT2D eigenvalue weighted by Crippen LogP contribution is 2.41. The minimum Gasteiger partial charge on any atom is -0.444 e. The minimum absolute atomic E-state index is 0.165. The van der Waals surface area contributed by atoms with Crippen molar-refractivity contribution < 1.29 is 9.53 Å². The summed E-state index contributed by atoms with van der Waals surface area (Å²) >= 11 is 0. The molecule has 0 saturated carbocycles. The predicted molar refractivity (Wildman–Crippen MR) is 106 cm³/mol. The lowest BCUT2D eigenvalue weighted by molar-refractivity contribution is -0.0601. The Labute approximate surface area is 162 Å². The summed E-state index contributed by atoms with van der Waals surface area (Å²) < 4.78 is 5.48. The van der Waals surface area contributed by atoms with Crippen LogP contribution < -0.4 is 5.32 Å². The monoisotopic (exact) mass is 372 g/mol. The standard InChI is InChI=1S/C21H32N4O2/c1-20(2,3)27-19(26)25-14-21(15-25)8-11-24(12-9-21)13-17-7-6-16-5-4-10-22-18(16)23-17/h6-7H,4-5,8-15H2,1-3H3,(H,22,23). The SMILES string of the molecule is CC(C)(C)OC(=O)N1CC2(CCN(Cc3ccc4c(n3)NCCC4)CC2)C1. The van der Waals surface area contributed by atoms with E-state index < -0.39 is 5.60 Å². The average molecular weight is 373 g/mol. The number of nitrogens with zero attached hydrogens (tertiary/aromatic N) is 3. The normalized spacial score (nSPS) is 22.0. The molecule has 6 heteroatoms. The van der Waals surface area contributed by atoms with Crippen molar-refractivity contribution >= 4 is 11.9 Å². The molecular weight excluding hydrogens is 340 g/mol. The quantitative estimate of drug-likeness (QED) is 0.863. The molecule has 0 bridgehead atoms. The van der Waals surface area contributed by atoms with Crippen molar-refractivity contribution in [2.75, 3.05) is 38.0 Å². The second kappa shape index (κ2) is 6.97. The van der Waals surface area contributed by atoms with Crippen LogP contribution in [0.15, 0.2) is 12.1 Å². The van der Waals surface area contributed by atoms with E-state index in [2.05, 4.69) is 22.3 Å². The molecule has 0 aliphatic carbocycles. The Kier molecular flexibility index (Phi) is 4.78. The maximum absolute atomic E-state index is 12.2. The summed E-state index contributed by atoms with van der Waals surface area (Å²) in [5.41, 5.74) is 2.39. The van der Waals surface area contributed by atoms with Gasteiger partial charge in [0.05, 0.1) is 5.69 Å². The number of nitrogens with one attached hydrogen (secondary N) is 1. The smallest absolute Gasteiger partial charge is 0.410 e. The summed E-state index contributed by atoms with van der Waals surface area (Å²) in [6.07, 6.45) is 4.46. The molecule has 2 fully saturated rings. The number of aryl methyl sites for hydroxylation is 1. The van der Waals surface area contributed by atoms with Gasteiger partial charge in [-0.15, -0.1) is 0 Å². The maximum Gasteiger partial charge on any atom is 0.410 e. The summed E-state index contributed by atoms with van der Waals surface area (Å²) in [4.78, 5) is 21.4. The zero-order valence-corrected chi connectivity index (χ0v) is 16.9. The molecule has 1 aromatic heterocycles. The van der Waals surface area contributed by atoms with Crippen molar-refractivity contribution in [3.63, 3.8) is 0 Å². The van der Waals surface area contributed by atoms with Crippen molar-refractivity contribution in [1.82, 2.24) is 14.8 Å². The summed E-state index contributed by atoms with van der Waals surface area (Å²) in [6.45, 7) is 11.6. The summed E-state index contributed by atoms with van der Waals surface area (Å²) in [6, 6.07) is 4.42. The number of carbonyl (C=O) groups is 1. The highest BCUT2D eigenvalue weighted by atomic mass is 16.6. The lowest BCUT2D eigenvalue weighted by Crippen LogP contribution is -2.62. The molecule has 1 N–H and O–H groups in total. The third-order valence-corrected chi connectivity index (χ3v) is 5.96. The van der Waals surface area contributed by atoms with E-state index in [0.717, 1.165) is 70.0 Å². The highest BCUT2D eigenvalue weighted by Gasteiger charge is 2.47. The number of likely N-dealkylation sites (tertiary alicyclic amines) is 2. The number of carbonyl (C=O) groups excluding carboxylic acids is 1. The van der Waals surface area contributed by atoms with E-state index in [1.807, 2.05) is 25.7 Å². The molecule has 0 aromatic carbocycles. The first-order chi connectivity index (χ1) is 12.8. The van der Waals surface area contributed by atoms with E-state index in [4.69, 9.17) is 9.72 Å². The first-order valence-electron chi connectivity index (χ1n) is 10.2. The van der Waals surface area contributed by atoms with Gasteiger partial charge in [-0.05, 0) is 71.2 Å². The molecule has 1 spiro atoms. The molecule has 3 aliphatic heterocycles. The van der Waals surface area contributed by atoms with Crippen LogP contribution in [0.25, 0.3) is 0 Å². The van der Waals surface area contributed by atoms with Gasteiger partial charge in [-0.25, -0.2) is 9.78 Å². The van der Waals surface area contributed by atoms with Gasteiger partial charge in [0.1, 0.15) is 11.4 Å². The lowest BCUT2D eigenvalue weighted by Gasteiger charge is -2.53. The Morgan fingerprint density at radius 1 is 1.26 bits per heavy atom. The van der Waals surface area contributed by atoms with Crippen LogP contribution in [0, 0.1) is 5.41 Å². The fourth-order valence-corrected chi connectivity index (χ4v) is 4.41. The number of pyridine rings is 1. The number of amides is 1. The number of piperidine rings is 1. The molecule has 6 nitrogen and oxygen atoms in total. The van der Waals surface area contributed by atoms with Crippen molar-refractivity contribution in [1.29, 1.82) is 0 Å². The third-order valence-electron chi connectivity index (χ3n) is 5.96. The van der Waals surface area contributed by atoms with Crippen LogP contribution in [-0.2, 0) is 17.7 Å². The molecule has 3 aliphatic rings. The fourth-order valence-electron chi connectivity index (χ4n) is 4.41. The predicted octanol–water partition coefficient (Wildman–Crippen LogP) is 3.27. The van der Waals surface area contributed by atoms with Gasteiger partial charge >= 0.3 is 6.09 Å². The maximum atomic E-state index is 12.2. The molecule has 1 aromatic rings. The van der Waals surface area contributed by atoms with Crippen LogP contribution in [0.5, 0.6) is 0 Å². The van der Waals surface area contributed by atoms with Gasteiger partial charge in [0.25, 0.3) is 0 Å². The van der Waals surface area contributed by atoms with Crippen molar-refractivity contribution in [3.8, 4) is 0 Å². The first kappa shape index (κ1) is 18.5. The van der Waals surface area contributed by atoms with Crippen molar-refractivity contribution in [2.45, 2.75) is 58.6 Å². The number of rotatable bonds is 2. The topological polar surface area (TPSA) is 57.7 Å². The molecule has 27 heavy (non-hydrogen) atoms. The zero-order valence-electron chi connectivity index (χ0n) is 16.9. The second-order valence-corrected chi connectivity index (χ2v) is 9.45. The van der Waals surface area contributed by atoms with Crippen LogP contribution in [0.1, 0.15) is 51.3 Å². The average Bonchev–Trinajstić information content (AvgIpc) is 2.59. The van der Waals surface area contributed by atoms with Crippen molar-refractivity contribution in [3.05, 3.63) is 23.4 Å². The van der Waals surface area contributed by atoms with Crippen molar-refractivity contribution in [2.24, 2.45) is 5.41 Å². The highest BCUT2D eigenvalue weighted by molar-refractivity contribution is 5.69. The largest absolute Gasteiger partial charge is 0.444 e. The lowest BCUT2D eigenvalue weighted by atomic mass is 9.72. The number of anilines is 1. The van der Waals surface area contributed by atoms with Crippen LogP contribution >= 0.6 is 0 Å². The Bertz CT molecular complexity index is 697. The molecule has 0 unspecified atom stereocenters. The third kappa shape index (κ3) is 4.21. The van der Waals surface area contributed by atoms with Gasteiger partial charge in [-0.1, -0.05) is 6.07 Å². The van der Waals surface area contributed by atoms with Gasteiger partial charge in [0.2, 0.25) is 0 Å². The number of aromatic nitrogens is 1. The summed E-state index contributed by atoms with van der Waals surface area (Å²) in [5, 5.41) is 3.42. The van der Waals surface area contributed by atoms with Gasteiger partial charge in [-0.2, -0.15) is 0 Å². The molecule has 4 rings (SSSR count).